The van der Waals surface area contributed by atoms with Crippen molar-refractivity contribution in [1.82, 2.24) is 9.29 Å². The smallest absolute Gasteiger partial charge is 0.257 e. The molecule has 170 valence electrons. The highest BCUT2D eigenvalue weighted by Gasteiger charge is 2.24. The van der Waals surface area contributed by atoms with Crippen LogP contribution in [0, 0.1) is 6.92 Å². The minimum absolute atomic E-state index is 0.0791. The van der Waals surface area contributed by atoms with Crippen molar-refractivity contribution in [3.63, 3.8) is 0 Å². The third-order valence-corrected chi connectivity index (χ3v) is 7.27. The lowest BCUT2D eigenvalue weighted by Gasteiger charge is -2.20. The van der Waals surface area contributed by atoms with Crippen molar-refractivity contribution in [1.29, 1.82) is 0 Å². The van der Waals surface area contributed by atoms with Crippen LogP contribution < -0.4 is 14.8 Å². The summed E-state index contributed by atoms with van der Waals surface area (Å²) < 4.78 is 37.8. The van der Waals surface area contributed by atoms with Gasteiger partial charge in [0.2, 0.25) is 10.0 Å². The third kappa shape index (κ3) is 4.53. The highest BCUT2D eigenvalue weighted by Crippen LogP contribution is 2.30. The van der Waals surface area contributed by atoms with Crippen LogP contribution >= 0.6 is 0 Å². The van der Waals surface area contributed by atoms with Crippen molar-refractivity contribution in [3.8, 4) is 11.5 Å². The quantitative estimate of drug-likeness (QED) is 0.552. The van der Waals surface area contributed by atoms with E-state index in [1.807, 2.05) is 6.07 Å². The van der Waals surface area contributed by atoms with Crippen molar-refractivity contribution in [2.24, 2.45) is 0 Å². The first-order valence-corrected chi connectivity index (χ1v) is 11.6. The summed E-state index contributed by atoms with van der Waals surface area (Å²) in [5.74, 6) is 0.589. The van der Waals surface area contributed by atoms with Gasteiger partial charge < -0.3 is 14.8 Å². The lowest BCUT2D eigenvalue weighted by Crippen LogP contribution is -2.30. The Hall–Kier alpha value is -3.17. The number of amides is 1. The molecule has 3 rings (SSSR count). The van der Waals surface area contributed by atoms with Gasteiger partial charge in [-0.1, -0.05) is 13.8 Å². The lowest BCUT2D eigenvalue weighted by molar-refractivity contribution is 0.102. The molecular weight excluding hydrogens is 430 g/mol. The van der Waals surface area contributed by atoms with E-state index in [1.165, 1.54) is 29.6 Å². The first kappa shape index (κ1) is 23.5. The Morgan fingerprint density at radius 1 is 1.03 bits per heavy atom. The number of ether oxygens (including phenoxy) is 2. The molecule has 8 nitrogen and oxygen atoms in total. The molecule has 0 saturated heterocycles. The molecule has 1 aromatic heterocycles. The fourth-order valence-electron chi connectivity index (χ4n) is 3.46. The Bertz CT molecular complexity index is 1250. The first-order valence-electron chi connectivity index (χ1n) is 10.2. The summed E-state index contributed by atoms with van der Waals surface area (Å²) in [4.78, 5) is 17.7. The van der Waals surface area contributed by atoms with Crippen LogP contribution in [0.25, 0.3) is 10.9 Å². The highest BCUT2D eigenvalue weighted by atomic mass is 32.2. The van der Waals surface area contributed by atoms with Crippen LogP contribution in [0.4, 0.5) is 5.69 Å². The second kappa shape index (κ2) is 9.54. The Morgan fingerprint density at radius 3 is 2.38 bits per heavy atom. The van der Waals surface area contributed by atoms with Gasteiger partial charge in [-0.3, -0.25) is 9.78 Å². The van der Waals surface area contributed by atoms with Crippen LogP contribution in [0.2, 0.25) is 0 Å². The van der Waals surface area contributed by atoms with E-state index in [0.29, 0.717) is 35.8 Å². The number of carbonyl (C=O) groups excluding carboxylic acids is 1. The molecular formula is C23H27N3O5S. The van der Waals surface area contributed by atoms with E-state index in [9.17, 15) is 13.2 Å². The Labute approximate surface area is 188 Å². The molecule has 0 radical (unpaired) electrons. The maximum absolute atomic E-state index is 13.1. The average Bonchev–Trinajstić information content (AvgIpc) is 2.78. The van der Waals surface area contributed by atoms with Crippen molar-refractivity contribution in [2.75, 3.05) is 32.6 Å². The number of rotatable bonds is 8. The van der Waals surface area contributed by atoms with E-state index in [2.05, 4.69) is 10.3 Å². The molecule has 0 unspecified atom stereocenters. The normalized spacial score (nSPS) is 11.6. The Kier molecular flexibility index (Phi) is 7.00. The molecule has 0 spiro atoms. The van der Waals surface area contributed by atoms with Crippen molar-refractivity contribution < 1.29 is 22.7 Å². The van der Waals surface area contributed by atoms with E-state index in [0.717, 1.165) is 10.9 Å². The summed E-state index contributed by atoms with van der Waals surface area (Å²) in [6.45, 7) is 5.99. The number of benzene rings is 2. The molecule has 0 fully saturated rings. The number of hydrogen-bond donors (Lipinski definition) is 1. The van der Waals surface area contributed by atoms with E-state index in [4.69, 9.17) is 9.47 Å². The largest absolute Gasteiger partial charge is 0.497 e. The van der Waals surface area contributed by atoms with E-state index in [-0.39, 0.29) is 10.6 Å². The maximum Gasteiger partial charge on any atom is 0.257 e. The number of hydrogen-bond acceptors (Lipinski definition) is 6. The van der Waals surface area contributed by atoms with Gasteiger partial charge >= 0.3 is 0 Å². The van der Waals surface area contributed by atoms with Crippen LogP contribution in [0.5, 0.6) is 11.5 Å². The molecule has 2 aromatic carbocycles. The molecule has 9 heteroatoms. The minimum Gasteiger partial charge on any atom is -0.497 e. The molecule has 3 aromatic rings. The topological polar surface area (TPSA) is 97.8 Å². The van der Waals surface area contributed by atoms with Crippen molar-refractivity contribution >= 4 is 32.5 Å². The molecule has 0 bridgehead atoms. The van der Waals surface area contributed by atoms with Gasteiger partial charge in [0, 0.05) is 18.5 Å². The van der Waals surface area contributed by atoms with E-state index in [1.54, 1.807) is 46.1 Å². The number of carbonyl (C=O) groups is 1. The SMILES string of the molecule is CCN(CC)S(=O)(=O)c1ccc(OC)c(NC(=O)c2cc3cc(OC)ccc3nc2C)c1. The predicted molar refractivity (Wildman–Crippen MR) is 124 cm³/mol. The fourth-order valence-corrected chi connectivity index (χ4v) is 4.94. The first-order chi connectivity index (χ1) is 15.2. The van der Waals surface area contributed by atoms with Gasteiger partial charge in [-0.05, 0) is 49.4 Å². The molecule has 1 amide bonds. The summed E-state index contributed by atoms with van der Waals surface area (Å²) in [5, 5.41) is 3.54. The zero-order chi connectivity index (χ0) is 23.5. The zero-order valence-electron chi connectivity index (χ0n) is 18.8. The van der Waals surface area contributed by atoms with Crippen LogP contribution in [0.1, 0.15) is 29.9 Å². The predicted octanol–water partition coefficient (Wildman–Crippen LogP) is 3.84. The Morgan fingerprint density at radius 2 is 1.75 bits per heavy atom. The molecule has 1 N–H and O–H groups in total. The number of anilines is 1. The number of nitrogens with zero attached hydrogens (tertiary/aromatic N) is 2. The van der Waals surface area contributed by atoms with Crippen LogP contribution in [-0.4, -0.2) is 50.9 Å². The standard InChI is InChI=1S/C23H27N3O5S/c1-6-26(7-2)32(28,29)18-9-11-22(31-5)21(14-18)25-23(27)19-13-16-12-17(30-4)8-10-20(16)24-15(19)3/h8-14H,6-7H2,1-5H3,(H,25,27). The zero-order valence-corrected chi connectivity index (χ0v) is 19.6. The Balaban J connectivity index is 2.01. The lowest BCUT2D eigenvalue weighted by atomic mass is 10.1. The average molecular weight is 458 g/mol. The summed E-state index contributed by atoms with van der Waals surface area (Å²) >= 11 is 0. The number of pyridine rings is 1. The number of aromatic nitrogens is 1. The number of fused-ring (bicyclic) bond motifs is 1. The van der Waals surface area contributed by atoms with Crippen molar-refractivity contribution in [2.45, 2.75) is 25.7 Å². The van der Waals surface area contributed by atoms with E-state index >= 15 is 0 Å². The van der Waals surface area contributed by atoms with Crippen LogP contribution in [0.15, 0.2) is 47.4 Å². The number of nitrogens with one attached hydrogen (secondary N) is 1. The van der Waals surface area contributed by atoms with Gasteiger partial charge in [0.05, 0.1) is 41.6 Å². The second-order valence-corrected chi connectivity index (χ2v) is 9.02. The summed E-state index contributed by atoms with van der Waals surface area (Å²) in [6.07, 6.45) is 0. The second-order valence-electron chi connectivity index (χ2n) is 7.09. The van der Waals surface area contributed by atoms with Gasteiger partial charge in [-0.15, -0.1) is 0 Å². The van der Waals surface area contributed by atoms with Crippen LogP contribution in [-0.2, 0) is 10.0 Å². The molecule has 0 aliphatic rings. The monoisotopic (exact) mass is 457 g/mol. The van der Waals surface area contributed by atoms with E-state index < -0.39 is 15.9 Å². The summed E-state index contributed by atoms with van der Waals surface area (Å²) in [6, 6.07) is 11.6. The van der Waals surface area contributed by atoms with Crippen molar-refractivity contribution in [3.05, 3.63) is 53.7 Å². The van der Waals surface area contributed by atoms with Gasteiger partial charge in [0.15, 0.2) is 0 Å². The highest BCUT2D eigenvalue weighted by molar-refractivity contribution is 7.89. The van der Waals surface area contributed by atoms with Gasteiger partial charge in [-0.2, -0.15) is 4.31 Å². The van der Waals surface area contributed by atoms with Crippen LogP contribution in [0.3, 0.4) is 0 Å². The molecule has 0 aliphatic carbocycles. The molecule has 0 aliphatic heterocycles. The minimum atomic E-state index is -3.69. The van der Waals surface area contributed by atoms with Gasteiger partial charge in [0.25, 0.3) is 5.91 Å². The molecule has 32 heavy (non-hydrogen) atoms. The van der Waals surface area contributed by atoms with Gasteiger partial charge in [-0.25, -0.2) is 8.42 Å². The molecule has 1 heterocycles. The number of methoxy groups -OCH3 is 2. The molecule has 0 atom stereocenters. The number of sulfonamides is 1. The maximum atomic E-state index is 13.1. The van der Waals surface area contributed by atoms with Gasteiger partial charge in [0.1, 0.15) is 11.5 Å². The fraction of sp³-hybridized carbons (Fsp3) is 0.304. The molecule has 0 saturated carbocycles. The summed E-state index contributed by atoms with van der Waals surface area (Å²) in [5.41, 5.74) is 1.91. The summed E-state index contributed by atoms with van der Waals surface area (Å²) in [7, 11) is -0.665. The number of aryl methyl sites for hydroxylation is 1. The third-order valence-electron chi connectivity index (χ3n) is 5.22.